The number of hydrogen-bond acceptors (Lipinski definition) is 3. The third kappa shape index (κ3) is 6.08. The summed E-state index contributed by atoms with van der Waals surface area (Å²) in [5.41, 5.74) is 1.80. The summed E-state index contributed by atoms with van der Waals surface area (Å²) in [4.78, 5) is 35.6. The van der Waals surface area contributed by atoms with Gasteiger partial charge in [-0.3, -0.25) is 9.59 Å². The molecule has 8 heteroatoms. The molecule has 0 atom stereocenters. The molecule has 4 amide bonds. The zero-order valence-corrected chi connectivity index (χ0v) is 15.1. The molecule has 0 aliphatic heterocycles. The summed E-state index contributed by atoms with van der Waals surface area (Å²) in [6, 6.07) is 12.1. The fourth-order valence-corrected chi connectivity index (χ4v) is 2.41. The van der Waals surface area contributed by atoms with Gasteiger partial charge >= 0.3 is 6.03 Å². The first-order valence-electron chi connectivity index (χ1n) is 8.96. The normalized spacial score (nSPS) is 12.8. The molecule has 1 fully saturated rings. The third-order valence-electron chi connectivity index (χ3n) is 4.12. The number of benzene rings is 2. The Kier molecular flexibility index (Phi) is 6.21. The monoisotopic (exact) mass is 384 g/mol. The Morgan fingerprint density at radius 1 is 0.929 bits per heavy atom. The number of urea groups is 1. The van der Waals surface area contributed by atoms with Crippen molar-refractivity contribution in [2.75, 3.05) is 11.9 Å². The molecule has 0 saturated heterocycles. The van der Waals surface area contributed by atoms with Gasteiger partial charge in [-0.2, -0.15) is 0 Å². The minimum atomic E-state index is -0.508. The van der Waals surface area contributed by atoms with Crippen LogP contribution in [0.15, 0.2) is 48.5 Å². The molecule has 2 aromatic carbocycles. The van der Waals surface area contributed by atoms with E-state index < -0.39 is 11.9 Å². The van der Waals surface area contributed by atoms with Gasteiger partial charge in [0.2, 0.25) is 5.91 Å². The number of halogens is 1. The van der Waals surface area contributed by atoms with Crippen LogP contribution < -0.4 is 21.3 Å². The fourth-order valence-electron chi connectivity index (χ4n) is 2.41. The van der Waals surface area contributed by atoms with Crippen molar-refractivity contribution >= 4 is 23.5 Å². The van der Waals surface area contributed by atoms with Crippen molar-refractivity contribution < 1.29 is 18.8 Å². The maximum atomic E-state index is 12.8. The molecule has 3 rings (SSSR count). The highest BCUT2D eigenvalue weighted by atomic mass is 19.1. The van der Waals surface area contributed by atoms with Crippen LogP contribution in [-0.4, -0.2) is 30.4 Å². The maximum absolute atomic E-state index is 12.8. The van der Waals surface area contributed by atoms with Crippen LogP contribution in [0.2, 0.25) is 0 Å². The Balaban J connectivity index is 1.37. The first kappa shape index (κ1) is 19.3. The molecule has 4 N–H and O–H groups in total. The highest BCUT2D eigenvalue weighted by molar-refractivity contribution is 5.97. The Hall–Kier alpha value is -3.42. The summed E-state index contributed by atoms with van der Waals surface area (Å²) >= 11 is 0. The van der Waals surface area contributed by atoms with Gasteiger partial charge < -0.3 is 21.3 Å². The summed E-state index contributed by atoms with van der Waals surface area (Å²) < 4.78 is 12.8. The molecule has 1 aliphatic carbocycles. The van der Waals surface area contributed by atoms with Crippen molar-refractivity contribution in [2.45, 2.75) is 25.4 Å². The Labute approximate surface area is 161 Å². The number of hydrogen-bond donors (Lipinski definition) is 4. The molecule has 146 valence electrons. The van der Waals surface area contributed by atoms with Gasteiger partial charge in [-0.1, -0.05) is 12.1 Å². The van der Waals surface area contributed by atoms with Gasteiger partial charge in [-0.05, 0) is 54.8 Å². The number of rotatable bonds is 7. The molecule has 0 aromatic heterocycles. The average molecular weight is 384 g/mol. The minimum absolute atomic E-state index is 0.125. The molecule has 0 bridgehead atoms. The molecule has 0 radical (unpaired) electrons. The van der Waals surface area contributed by atoms with E-state index in [0.29, 0.717) is 11.3 Å². The zero-order valence-electron chi connectivity index (χ0n) is 15.1. The van der Waals surface area contributed by atoms with Crippen LogP contribution in [0.25, 0.3) is 0 Å². The molecule has 2 aromatic rings. The number of anilines is 1. The van der Waals surface area contributed by atoms with Crippen LogP contribution in [0.4, 0.5) is 14.9 Å². The summed E-state index contributed by atoms with van der Waals surface area (Å²) in [5.74, 6) is -0.867. The lowest BCUT2D eigenvalue weighted by Gasteiger charge is -2.09. The van der Waals surface area contributed by atoms with Crippen molar-refractivity contribution in [2.24, 2.45) is 0 Å². The predicted molar refractivity (Wildman–Crippen MR) is 102 cm³/mol. The van der Waals surface area contributed by atoms with Gasteiger partial charge in [0.05, 0.1) is 6.54 Å². The number of carbonyl (C=O) groups excluding carboxylic acids is 3. The standard InChI is InChI=1S/C20H21FN4O3/c21-15-5-1-13(2-6-15)11-22-20(28)23-12-18(26)24-16-7-3-14(4-8-16)19(27)25-17-9-10-17/h1-8,17H,9-12H2,(H,24,26)(H,25,27)(H2,22,23,28). The Morgan fingerprint density at radius 3 is 2.25 bits per heavy atom. The van der Waals surface area contributed by atoms with E-state index in [1.807, 2.05) is 0 Å². The Bertz CT molecular complexity index is 849. The lowest BCUT2D eigenvalue weighted by Crippen LogP contribution is -2.39. The molecule has 0 heterocycles. The van der Waals surface area contributed by atoms with E-state index in [-0.39, 0.29) is 30.9 Å². The van der Waals surface area contributed by atoms with E-state index in [4.69, 9.17) is 0 Å². The zero-order chi connectivity index (χ0) is 19.9. The SMILES string of the molecule is O=C(CNC(=O)NCc1ccc(F)cc1)Nc1ccc(C(=O)NC2CC2)cc1. The molecule has 28 heavy (non-hydrogen) atoms. The van der Waals surface area contributed by atoms with E-state index >= 15 is 0 Å². The van der Waals surface area contributed by atoms with Crippen LogP contribution in [-0.2, 0) is 11.3 Å². The second kappa shape index (κ2) is 8.98. The summed E-state index contributed by atoms with van der Waals surface area (Å²) in [5, 5.41) is 10.6. The van der Waals surface area contributed by atoms with Crippen molar-refractivity contribution in [3.8, 4) is 0 Å². The van der Waals surface area contributed by atoms with Gasteiger partial charge in [0.15, 0.2) is 0 Å². The summed E-state index contributed by atoms with van der Waals surface area (Å²) in [6.07, 6.45) is 2.04. The second-order valence-corrected chi connectivity index (χ2v) is 6.54. The van der Waals surface area contributed by atoms with E-state index in [1.165, 1.54) is 12.1 Å². The predicted octanol–water partition coefficient (Wildman–Crippen LogP) is 2.16. The molecular formula is C20H21FN4O3. The molecule has 0 unspecified atom stereocenters. The molecule has 0 spiro atoms. The highest BCUT2D eigenvalue weighted by Crippen LogP contribution is 2.19. The van der Waals surface area contributed by atoms with Gasteiger partial charge in [-0.15, -0.1) is 0 Å². The first-order chi connectivity index (χ1) is 13.5. The number of carbonyl (C=O) groups is 3. The van der Waals surface area contributed by atoms with Crippen molar-refractivity contribution in [3.63, 3.8) is 0 Å². The van der Waals surface area contributed by atoms with E-state index in [0.717, 1.165) is 18.4 Å². The molecular weight excluding hydrogens is 363 g/mol. The van der Waals surface area contributed by atoms with Crippen molar-refractivity contribution in [1.29, 1.82) is 0 Å². The average Bonchev–Trinajstić information content (AvgIpc) is 3.50. The molecule has 1 aliphatic rings. The lowest BCUT2D eigenvalue weighted by molar-refractivity contribution is -0.115. The smallest absolute Gasteiger partial charge is 0.315 e. The van der Waals surface area contributed by atoms with Gasteiger partial charge in [0, 0.05) is 23.8 Å². The van der Waals surface area contributed by atoms with Crippen LogP contribution in [0.1, 0.15) is 28.8 Å². The van der Waals surface area contributed by atoms with Crippen LogP contribution in [0.3, 0.4) is 0 Å². The van der Waals surface area contributed by atoms with Gasteiger partial charge in [0.25, 0.3) is 5.91 Å². The van der Waals surface area contributed by atoms with E-state index in [1.54, 1.807) is 36.4 Å². The number of amides is 4. The topological polar surface area (TPSA) is 99.3 Å². The van der Waals surface area contributed by atoms with Crippen molar-refractivity contribution in [3.05, 3.63) is 65.5 Å². The highest BCUT2D eigenvalue weighted by Gasteiger charge is 2.23. The first-order valence-corrected chi connectivity index (χ1v) is 8.96. The Morgan fingerprint density at radius 2 is 1.61 bits per heavy atom. The van der Waals surface area contributed by atoms with Crippen LogP contribution >= 0.6 is 0 Å². The van der Waals surface area contributed by atoms with Crippen LogP contribution in [0, 0.1) is 5.82 Å². The second-order valence-electron chi connectivity index (χ2n) is 6.54. The van der Waals surface area contributed by atoms with Gasteiger partial charge in [-0.25, -0.2) is 9.18 Å². The summed E-state index contributed by atoms with van der Waals surface area (Å²) in [7, 11) is 0. The number of nitrogens with one attached hydrogen (secondary N) is 4. The maximum Gasteiger partial charge on any atom is 0.315 e. The van der Waals surface area contributed by atoms with Crippen molar-refractivity contribution in [1.82, 2.24) is 16.0 Å². The molecule has 1 saturated carbocycles. The van der Waals surface area contributed by atoms with E-state index in [2.05, 4.69) is 21.3 Å². The van der Waals surface area contributed by atoms with E-state index in [9.17, 15) is 18.8 Å². The fraction of sp³-hybridized carbons (Fsp3) is 0.250. The summed E-state index contributed by atoms with van der Waals surface area (Å²) in [6.45, 7) is 0.0112. The van der Waals surface area contributed by atoms with Gasteiger partial charge in [0.1, 0.15) is 5.82 Å². The lowest BCUT2D eigenvalue weighted by atomic mass is 10.2. The quantitative estimate of drug-likeness (QED) is 0.589. The molecule has 7 nitrogen and oxygen atoms in total. The minimum Gasteiger partial charge on any atom is -0.349 e. The third-order valence-corrected chi connectivity index (χ3v) is 4.12. The largest absolute Gasteiger partial charge is 0.349 e. The van der Waals surface area contributed by atoms with Crippen LogP contribution in [0.5, 0.6) is 0 Å².